The molecular formula is C7H14FN3O. The number of hydrogen-bond acceptors (Lipinski definition) is 3. The predicted octanol–water partition coefficient (Wildman–Crippen LogP) is -0.639. The molecule has 2 atom stereocenters. The van der Waals surface area contributed by atoms with Gasteiger partial charge >= 0.3 is 0 Å². The summed E-state index contributed by atoms with van der Waals surface area (Å²) in [6.45, 7) is 0.157. The summed E-state index contributed by atoms with van der Waals surface area (Å²) in [6, 6.07) is -0.477. The van der Waals surface area contributed by atoms with E-state index in [-0.39, 0.29) is 18.9 Å². The van der Waals surface area contributed by atoms with Crippen molar-refractivity contribution in [3.8, 4) is 0 Å². The average molecular weight is 175 g/mol. The van der Waals surface area contributed by atoms with Gasteiger partial charge in [0.1, 0.15) is 12.2 Å². The first-order valence-electron chi connectivity index (χ1n) is 3.89. The molecule has 0 radical (unpaired) electrons. The molecule has 0 aromatic carbocycles. The molecule has 2 unspecified atom stereocenters. The Kier molecular flexibility index (Phi) is 2.64. The van der Waals surface area contributed by atoms with Crippen LogP contribution < -0.4 is 5.84 Å². The van der Waals surface area contributed by atoms with Crippen molar-refractivity contribution >= 4 is 5.91 Å². The van der Waals surface area contributed by atoms with Crippen molar-refractivity contribution in [3.05, 3.63) is 0 Å². The van der Waals surface area contributed by atoms with E-state index in [1.54, 1.807) is 14.1 Å². The van der Waals surface area contributed by atoms with E-state index in [1.165, 1.54) is 9.91 Å². The summed E-state index contributed by atoms with van der Waals surface area (Å²) in [7, 11) is 3.28. The van der Waals surface area contributed by atoms with Crippen LogP contribution in [0.25, 0.3) is 0 Å². The Morgan fingerprint density at radius 2 is 2.25 bits per heavy atom. The van der Waals surface area contributed by atoms with Gasteiger partial charge in [0.2, 0.25) is 5.91 Å². The Bertz CT molecular complexity index is 185. The second kappa shape index (κ2) is 3.37. The molecule has 5 heteroatoms. The molecule has 70 valence electrons. The molecule has 4 nitrogen and oxygen atoms in total. The Balaban J connectivity index is 2.58. The Hall–Kier alpha value is -0.680. The molecule has 0 bridgehead atoms. The van der Waals surface area contributed by atoms with E-state index < -0.39 is 12.2 Å². The summed E-state index contributed by atoms with van der Waals surface area (Å²) in [6.07, 6.45) is -0.753. The van der Waals surface area contributed by atoms with Gasteiger partial charge in [0, 0.05) is 27.1 Å². The van der Waals surface area contributed by atoms with Crippen LogP contribution in [0.1, 0.15) is 6.42 Å². The monoisotopic (exact) mass is 175 g/mol. The Labute approximate surface area is 71.1 Å². The van der Waals surface area contributed by atoms with Crippen LogP contribution in [0, 0.1) is 0 Å². The van der Waals surface area contributed by atoms with Crippen molar-refractivity contribution in [3.63, 3.8) is 0 Å². The summed E-state index contributed by atoms with van der Waals surface area (Å²) in [5.41, 5.74) is 0. The van der Waals surface area contributed by atoms with Crippen molar-refractivity contribution in [1.82, 2.24) is 9.91 Å². The molecule has 1 aliphatic heterocycles. The highest BCUT2D eigenvalue weighted by Gasteiger charge is 2.35. The van der Waals surface area contributed by atoms with E-state index in [2.05, 4.69) is 0 Å². The molecular weight excluding hydrogens is 161 g/mol. The largest absolute Gasteiger partial charge is 0.347 e. The van der Waals surface area contributed by atoms with E-state index in [0.717, 1.165) is 0 Å². The van der Waals surface area contributed by atoms with Crippen LogP contribution in [0.3, 0.4) is 0 Å². The molecule has 1 heterocycles. The van der Waals surface area contributed by atoms with Crippen LogP contribution in [0.2, 0.25) is 0 Å². The van der Waals surface area contributed by atoms with Crippen molar-refractivity contribution in [2.24, 2.45) is 5.84 Å². The predicted molar refractivity (Wildman–Crippen MR) is 42.9 cm³/mol. The van der Waals surface area contributed by atoms with Gasteiger partial charge in [0.25, 0.3) is 0 Å². The summed E-state index contributed by atoms with van der Waals surface area (Å²) in [5.74, 6) is 5.33. The van der Waals surface area contributed by atoms with E-state index in [1.807, 2.05) is 0 Å². The van der Waals surface area contributed by atoms with E-state index >= 15 is 0 Å². The van der Waals surface area contributed by atoms with Crippen LogP contribution in [0.4, 0.5) is 4.39 Å². The number of hydrogen-bond donors (Lipinski definition) is 1. The third-order valence-electron chi connectivity index (χ3n) is 2.01. The smallest absolute Gasteiger partial charge is 0.240 e. The summed E-state index contributed by atoms with van der Waals surface area (Å²) >= 11 is 0. The van der Waals surface area contributed by atoms with Gasteiger partial charge in [0.05, 0.1) is 0 Å². The van der Waals surface area contributed by atoms with Gasteiger partial charge in [-0.05, 0) is 0 Å². The van der Waals surface area contributed by atoms with Crippen molar-refractivity contribution in [1.29, 1.82) is 0 Å². The number of nitrogens with zero attached hydrogens (tertiary/aromatic N) is 2. The second-order valence-corrected chi connectivity index (χ2v) is 3.28. The summed E-state index contributed by atoms with van der Waals surface area (Å²) in [5, 5.41) is 1.27. The molecule has 0 saturated carbocycles. The Morgan fingerprint density at radius 1 is 1.67 bits per heavy atom. The number of halogens is 1. The van der Waals surface area contributed by atoms with Gasteiger partial charge in [-0.15, -0.1) is 0 Å². The molecule has 0 aromatic rings. The Morgan fingerprint density at radius 3 is 2.58 bits per heavy atom. The molecule has 2 N–H and O–H groups in total. The number of carbonyl (C=O) groups excluding carboxylic acids is 1. The zero-order valence-electron chi connectivity index (χ0n) is 7.33. The molecule has 0 aliphatic carbocycles. The van der Waals surface area contributed by atoms with Gasteiger partial charge < -0.3 is 4.90 Å². The lowest BCUT2D eigenvalue weighted by molar-refractivity contribution is -0.133. The van der Waals surface area contributed by atoms with Crippen molar-refractivity contribution in [2.45, 2.75) is 18.6 Å². The lowest BCUT2D eigenvalue weighted by atomic mass is 10.2. The second-order valence-electron chi connectivity index (χ2n) is 3.28. The van der Waals surface area contributed by atoms with Crippen molar-refractivity contribution < 1.29 is 9.18 Å². The first kappa shape index (κ1) is 9.41. The highest BCUT2D eigenvalue weighted by Crippen LogP contribution is 2.17. The number of likely N-dealkylation sites (N-methyl/N-ethyl adjacent to an activating group) is 1. The van der Waals surface area contributed by atoms with Crippen LogP contribution in [-0.4, -0.2) is 48.7 Å². The van der Waals surface area contributed by atoms with E-state index in [9.17, 15) is 9.18 Å². The third kappa shape index (κ3) is 1.73. The van der Waals surface area contributed by atoms with E-state index in [4.69, 9.17) is 5.84 Å². The van der Waals surface area contributed by atoms with Gasteiger partial charge in [-0.25, -0.2) is 9.40 Å². The maximum absolute atomic E-state index is 12.8. The van der Waals surface area contributed by atoms with Gasteiger partial charge in [-0.3, -0.25) is 10.6 Å². The van der Waals surface area contributed by atoms with Crippen LogP contribution in [0.5, 0.6) is 0 Å². The minimum absolute atomic E-state index is 0.127. The average Bonchev–Trinajstić information content (AvgIpc) is 2.28. The van der Waals surface area contributed by atoms with E-state index in [0.29, 0.717) is 0 Å². The molecule has 1 fully saturated rings. The maximum Gasteiger partial charge on any atom is 0.240 e. The zero-order chi connectivity index (χ0) is 9.30. The topological polar surface area (TPSA) is 49.6 Å². The van der Waals surface area contributed by atoms with Crippen LogP contribution in [-0.2, 0) is 4.79 Å². The minimum atomic E-state index is -0.969. The lowest BCUT2D eigenvalue weighted by Crippen LogP contribution is -2.46. The SMILES string of the molecule is CN(C)C(=O)C1CC(F)CN1N. The van der Waals surface area contributed by atoms with Crippen LogP contribution >= 0.6 is 0 Å². The molecule has 1 aliphatic rings. The standard InChI is InChI=1S/C7H14FN3O/c1-10(2)7(12)6-3-5(8)4-11(6)9/h5-6H,3-4,9H2,1-2H3. The van der Waals surface area contributed by atoms with Gasteiger partial charge in [-0.2, -0.15) is 0 Å². The van der Waals surface area contributed by atoms with Crippen molar-refractivity contribution in [2.75, 3.05) is 20.6 Å². The quantitative estimate of drug-likeness (QED) is 0.539. The number of nitrogens with two attached hydrogens (primary N) is 1. The maximum atomic E-state index is 12.8. The summed E-state index contributed by atoms with van der Waals surface area (Å²) < 4.78 is 12.8. The summed E-state index contributed by atoms with van der Waals surface area (Å²) in [4.78, 5) is 12.8. The number of alkyl halides is 1. The highest BCUT2D eigenvalue weighted by atomic mass is 19.1. The molecule has 12 heavy (non-hydrogen) atoms. The molecule has 1 saturated heterocycles. The normalized spacial score (nSPS) is 30.7. The number of amides is 1. The zero-order valence-corrected chi connectivity index (χ0v) is 7.33. The number of carbonyl (C=O) groups is 1. The molecule has 1 amide bonds. The highest BCUT2D eigenvalue weighted by molar-refractivity contribution is 5.81. The fourth-order valence-electron chi connectivity index (χ4n) is 1.35. The minimum Gasteiger partial charge on any atom is -0.347 e. The molecule has 0 aromatic heterocycles. The molecule has 0 spiro atoms. The van der Waals surface area contributed by atoms with Gasteiger partial charge in [-0.1, -0.05) is 0 Å². The first-order valence-corrected chi connectivity index (χ1v) is 3.89. The van der Waals surface area contributed by atoms with Crippen LogP contribution in [0.15, 0.2) is 0 Å². The third-order valence-corrected chi connectivity index (χ3v) is 2.01. The lowest BCUT2D eigenvalue weighted by Gasteiger charge is -2.21. The number of rotatable bonds is 1. The van der Waals surface area contributed by atoms with Gasteiger partial charge in [0.15, 0.2) is 0 Å². The fourth-order valence-corrected chi connectivity index (χ4v) is 1.35. The number of hydrazine groups is 1. The molecule has 1 rings (SSSR count). The first-order chi connectivity index (χ1) is 5.52. The fraction of sp³-hybridized carbons (Fsp3) is 0.857.